The minimum absolute atomic E-state index is 0.0274. The van der Waals surface area contributed by atoms with Crippen molar-refractivity contribution in [1.82, 2.24) is 38.2 Å². The van der Waals surface area contributed by atoms with Crippen LogP contribution in [0.1, 0.15) is 65.4 Å². The van der Waals surface area contributed by atoms with E-state index in [0.29, 0.717) is 12.8 Å². The summed E-state index contributed by atoms with van der Waals surface area (Å²) in [4.78, 5) is 101. The fraction of sp³-hybridized carbons (Fsp3) is 0.545. The second-order valence-corrected chi connectivity index (χ2v) is 19.5. The lowest BCUT2D eigenvalue weighted by Gasteiger charge is -2.25. The third-order valence-corrected chi connectivity index (χ3v) is 15.4. The summed E-state index contributed by atoms with van der Waals surface area (Å²) >= 11 is 24.5. The first-order valence-corrected chi connectivity index (χ1v) is 24.4. The zero-order valence-corrected chi connectivity index (χ0v) is 43.3. The van der Waals surface area contributed by atoms with E-state index >= 15 is 0 Å². The minimum atomic E-state index is -1.90. The van der Waals surface area contributed by atoms with E-state index in [1.807, 2.05) is 32.7 Å². The molecule has 4 aromatic rings. The van der Waals surface area contributed by atoms with E-state index in [1.165, 1.54) is 45.9 Å². The summed E-state index contributed by atoms with van der Waals surface area (Å²) in [6.45, 7) is 5.77. The van der Waals surface area contributed by atoms with Gasteiger partial charge in [0.25, 0.3) is 16.7 Å². The van der Waals surface area contributed by atoms with Crippen LogP contribution in [0.5, 0.6) is 0 Å². The first-order chi connectivity index (χ1) is 35.8. The van der Waals surface area contributed by atoms with Gasteiger partial charge < -0.3 is 49.9 Å². The van der Waals surface area contributed by atoms with Crippen molar-refractivity contribution in [2.45, 2.75) is 122 Å². The number of nitrogens with one attached hydrogen (secondary N) is 3. The van der Waals surface area contributed by atoms with Crippen molar-refractivity contribution in [3.05, 3.63) is 122 Å². The second-order valence-electron chi connectivity index (χ2n) is 17.5. The fourth-order valence-electron chi connectivity index (χ4n) is 8.43. The number of H-pyrrole nitrogens is 3. The summed E-state index contributed by atoms with van der Waals surface area (Å²) in [5.41, 5.74) is -4.70. The van der Waals surface area contributed by atoms with Crippen molar-refractivity contribution in [2.75, 3.05) is 18.9 Å². The number of aromatic amines is 3. The molecule has 32 heteroatoms. The predicted molar refractivity (Wildman–Crippen MR) is 265 cm³/mol. The Balaban J connectivity index is 0.000000187. The van der Waals surface area contributed by atoms with Crippen molar-refractivity contribution < 1.29 is 44.2 Å². The average molecular weight is 1140 g/mol. The highest BCUT2D eigenvalue weighted by molar-refractivity contribution is 6.22. The zero-order valence-electron chi connectivity index (χ0n) is 40.3. The van der Waals surface area contributed by atoms with Gasteiger partial charge in [0, 0.05) is 54.8 Å². The van der Waals surface area contributed by atoms with Gasteiger partial charge in [0.05, 0.1) is 30.0 Å². The lowest BCUT2D eigenvalue weighted by Crippen LogP contribution is -2.43. The number of nitrogens with zero attached hydrogens (tertiary/aromatic N) is 8. The lowest BCUT2D eigenvalue weighted by atomic mass is 9.87. The Labute approximate surface area is 447 Å². The van der Waals surface area contributed by atoms with Gasteiger partial charge in [-0.1, -0.05) is 27.7 Å². The quantitative estimate of drug-likeness (QED) is 0.0698. The molecule has 76 heavy (non-hydrogen) atoms. The number of nitrogen functional groups attached to an aromatic ring is 1. The fourth-order valence-corrected chi connectivity index (χ4v) is 9.94. The molecule has 0 spiro atoms. The molecule has 4 aliphatic rings. The Morgan fingerprint density at radius 3 is 1.26 bits per heavy atom. The summed E-state index contributed by atoms with van der Waals surface area (Å²) in [7, 11) is 0. The molecule has 0 aliphatic carbocycles. The largest absolute Gasteiger partial charge is 0.392 e. The zero-order chi connectivity index (χ0) is 56.8. The Kier molecular flexibility index (Phi) is 19.4. The number of aromatic nitrogens is 8. The van der Waals surface area contributed by atoms with Gasteiger partial charge in [-0.25, -0.2) is 19.2 Å². The lowest BCUT2D eigenvalue weighted by molar-refractivity contribution is -0.138. The van der Waals surface area contributed by atoms with Crippen LogP contribution in [0.4, 0.5) is 5.82 Å². The minimum Gasteiger partial charge on any atom is -0.392 e. The maximum atomic E-state index is 11.8. The van der Waals surface area contributed by atoms with Crippen LogP contribution in [0.25, 0.3) is 0 Å². The highest BCUT2D eigenvalue weighted by Crippen LogP contribution is 2.46. The standard InChI is InChI=1S/C12H14ClN3O3.C12H15ClN2O4.C10H11ClN4O4.C10H10ClN3O5/c1-3-12(6-14)7(2)9(13)10(19-12)16-5-4-8(17)15-11(16)18;1-3-12(6-16)7(2)9(13)10(19-12)15-5-4-8(17)14-11(15)18;11-6-7(17)10(3-12,4-16)19-8(6)15-2-1-5(13)14-9(15)18;11-6-7(17)10(3-12,4-15)19-8(6)14-2-1-5(16)13-9(14)18/h4-5,7,9-10H,3H2,1-2H3,(H,15,17,18);4-7,9-10H,3H2,1-2H3,(H,14,17,18);1-2,6-8,16-17H,4H2,(H2,13,14,18);1-2,6-8,15,17H,4H2,(H,13,16,18)/t2*7-,9+,10+,12-;2*6-,7+,8-,10-/m0011/s1. The van der Waals surface area contributed by atoms with E-state index in [0.717, 1.165) is 27.7 Å². The van der Waals surface area contributed by atoms with E-state index in [4.69, 9.17) is 81.6 Å². The summed E-state index contributed by atoms with van der Waals surface area (Å²) in [5, 5.41) is 62.1. The Hall–Kier alpha value is -6.30. The van der Waals surface area contributed by atoms with Crippen LogP contribution in [0.2, 0.25) is 0 Å². The highest BCUT2D eigenvalue weighted by Gasteiger charge is 2.57. The van der Waals surface area contributed by atoms with Crippen LogP contribution < -0.4 is 45.2 Å². The number of halogens is 4. The molecule has 0 saturated carbocycles. The first kappa shape index (κ1) is 60.6. The van der Waals surface area contributed by atoms with Gasteiger partial charge in [-0.3, -0.25) is 47.6 Å². The van der Waals surface area contributed by atoms with Gasteiger partial charge in [0.1, 0.15) is 46.5 Å². The number of carbonyl (C=O) groups excluding carboxylic acids is 1. The summed E-state index contributed by atoms with van der Waals surface area (Å²) in [5.74, 6) is -0.437. The molecule has 4 saturated heterocycles. The second kappa shape index (κ2) is 24.4. The maximum Gasteiger partial charge on any atom is 0.351 e. The molecular weight excluding hydrogens is 1090 g/mol. The summed E-state index contributed by atoms with van der Waals surface area (Å²) in [6, 6.07) is 10.3. The topological polar surface area (TPSA) is 432 Å². The van der Waals surface area contributed by atoms with Crippen molar-refractivity contribution in [1.29, 1.82) is 15.8 Å². The number of aliphatic hydroxyl groups is 4. The Morgan fingerprint density at radius 2 is 0.961 bits per heavy atom. The molecule has 28 nitrogen and oxygen atoms in total. The van der Waals surface area contributed by atoms with Crippen molar-refractivity contribution in [3.8, 4) is 18.2 Å². The smallest absolute Gasteiger partial charge is 0.351 e. The molecule has 4 aromatic heterocycles. The SMILES string of the molecule is CC[C@@]1(C#N)O[C@@H](n2ccc(=O)[nH]c2=O)[C@H](Cl)[C@@H]1C.CC[C@@]1(C=O)O[C@@H](n2ccc(=O)[nH]c2=O)[C@H](Cl)[C@@H]1C.N#C[C@]1(CO)O[C@@H](n2ccc(=O)[nH]c2=O)[C@H](Cl)[C@@H]1O.N#C[C@]1(CO)O[C@@H](n2ccc(N)nc2=O)[C@H](Cl)[C@@H]1O. The third-order valence-electron chi connectivity index (χ3n) is 13.3. The molecule has 8 heterocycles. The molecule has 8 rings (SSSR count). The number of rotatable bonds is 9. The number of alkyl halides is 4. The van der Waals surface area contributed by atoms with Gasteiger partial charge in [-0.15, -0.1) is 46.4 Å². The number of hydrogen-bond donors (Lipinski definition) is 8. The number of nitriles is 3. The van der Waals surface area contributed by atoms with Crippen LogP contribution in [-0.4, -0.2) is 134 Å². The van der Waals surface area contributed by atoms with Crippen LogP contribution in [0.3, 0.4) is 0 Å². The molecule has 0 amide bonds. The number of carbonyl (C=O) groups is 1. The molecule has 0 unspecified atom stereocenters. The molecule has 410 valence electrons. The van der Waals surface area contributed by atoms with Gasteiger partial charge in [0.15, 0.2) is 36.8 Å². The number of hydrogen-bond acceptors (Lipinski definition) is 21. The van der Waals surface area contributed by atoms with Crippen molar-refractivity contribution in [3.63, 3.8) is 0 Å². The van der Waals surface area contributed by atoms with E-state index < -0.39 is 134 Å². The summed E-state index contributed by atoms with van der Waals surface area (Å²) < 4.78 is 26.3. The molecule has 4 fully saturated rings. The van der Waals surface area contributed by atoms with Gasteiger partial charge >= 0.3 is 22.8 Å². The first-order valence-electron chi connectivity index (χ1n) is 22.6. The van der Waals surface area contributed by atoms with E-state index in [1.54, 1.807) is 12.1 Å². The molecule has 0 aromatic carbocycles. The van der Waals surface area contributed by atoms with Gasteiger partial charge in [-0.2, -0.15) is 20.8 Å². The number of aldehydes is 1. The highest BCUT2D eigenvalue weighted by atomic mass is 35.5. The van der Waals surface area contributed by atoms with E-state index in [2.05, 4.69) is 21.0 Å². The van der Waals surface area contributed by atoms with Gasteiger partial charge in [-0.05, 0) is 18.9 Å². The average Bonchev–Trinajstić information content (AvgIpc) is 4.01. The van der Waals surface area contributed by atoms with Crippen LogP contribution in [0.15, 0.2) is 82.6 Å². The maximum absolute atomic E-state index is 11.8. The molecular formula is C44H50Cl4N12O16. The van der Waals surface area contributed by atoms with Crippen LogP contribution >= 0.6 is 46.4 Å². The van der Waals surface area contributed by atoms with Crippen LogP contribution in [0, 0.1) is 45.8 Å². The third kappa shape index (κ3) is 11.5. The Bertz CT molecular complexity index is 3200. The number of aliphatic hydroxyl groups excluding tert-OH is 4. The Morgan fingerprint density at radius 1 is 0.605 bits per heavy atom. The van der Waals surface area contributed by atoms with E-state index in [9.17, 15) is 64.0 Å². The number of anilines is 1. The van der Waals surface area contributed by atoms with E-state index in [-0.39, 0.29) is 17.7 Å². The molecule has 16 atom stereocenters. The monoisotopic (exact) mass is 1140 g/mol. The normalized spacial score (nSPS) is 34.2. The molecule has 0 radical (unpaired) electrons. The molecule has 4 aliphatic heterocycles. The van der Waals surface area contributed by atoms with Crippen LogP contribution in [-0.2, 0) is 23.7 Å². The van der Waals surface area contributed by atoms with Gasteiger partial charge in [0.2, 0.25) is 11.2 Å². The molecule has 9 N–H and O–H groups in total. The number of ether oxygens (including phenoxy) is 4. The van der Waals surface area contributed by atoms with Crippen molar-refractivity contribution in [2.24, 2.45) is 11.8 Å². The number of nitrogens with two attached hydrogens (primary N) is 1. The van der Waals surface area contributed by atoms with Crippen molar-refractivity contribution >= 4 is 58.5 Å². The summed E-state index contributed by atoms with van der Waals surface area (Å²) in [6.07, 6.45) is 0.0138. The molecule has 0 bridgehead atoms. The predicted octanol–water partition coefficient (Wildman–Crippen LogP) is -1.50.